The highest BCUT2D eigenvalue weighted by Gasteiger charge is 2.60. The molecule has 1 N–H and O–H groups in total. The SMILES string of the molecule is C=CC(=O)NN1C(C)(C)CC(C)C(C)(C(=O)C=C)C1(C)C. The summed E-state index contributed by atoms with van der Waals surface area (Å²) in [5, 5.41) is 1.91. The van der Waals surface area contributed by atoms with E-state index in [1.54, 1.807) is 0 Å². The van der Waals surface area contributed by atoms with Crippen LogP contribution in [0.5, 0.6) is 0 Å². The number of hydrazine groups is 1. The van der Waals surface area contributed by atoms with E-state index in [1.807, 2.05) is 25.8 Å². The molecule has 1 heterocycles. The zero-order chi connectivity index (χ0) is 16.6. The third kappa shape index (κ3) is 2.57. The van der Waals surface area contributed by atoms with Crippen LogP contribution in [0, 0.1) is 11.3 Å². The zero-order valence-electron chi connectivity index (χ0n) is 14.1. The van der Waals surface area contributed by atoms with E-state index < -0.39 is 11.0 Å². The molecule has 0 bridgehead atoms. The maximum atomic E-state index is 12.5. The molecule has 4 nitrogen and oxygen atoms in total. The van der Waals surface area contributed by atoms with Crippen molar-refractivity contribution < 1.29 is 9.59 Å². The molecular weight excluding hydrogens is 264 g/mol. The Morgan fingerprint density at radius 3 is 2.10 bits per heavy atom. The van der Waals surface area contributed by atoms with Gasteiger partial charge in [0.15, 0.2) is 5.78 Å². The molecule has 21 heavy (non-hydrogen) atoms. The number of nitrogens with one attached hydrogen (secondary N) is 1. The van der Waals surface area contributed by atoms with Crippen LogP contribution in [0.3, 0.4) is 0 Å². The Bertz CT molecular complexity index is 479. The van der Waals surface area contributed by atoms with Crippen LogP contribution in [-0.2, 0) is 9.59 Å². The third-order valence-electron chi connectivity index (χ3n) is 5.33. The van der Waals surface area contributed by atoms with Crippen LogP contribution < -0.4 is 5.43 Å². The molecule has 0 aromatic carbocycles. The number of nitrogens with zero attached hydrogens (tertiary/aromatic N) is 1. The highest BCUT2D eigenvalue weighted by molar-refractivity contribution is 5.95. The van der Waals surface area contributed by atoms with Crippen molar-refractivity contribution >= 4 is 11.7 Å². The Balaban J connectivity index is 3.40. The molecule has 0 aromatic heterocycles. The number of amides is 1. The van der Waals surface area contributed by atoms with E-state index in [9.17, 15) is 9.59 Å². The number of hydrogen-bond acceptors (Lipinski definition) is 3. The van der Waals surface area contributed by atoms with Gasteiger partial charge >= 0.3 is 0 Å². The summed E-state index contributed by atoms with van der Waals surface area (Å²) in [7, 11) is 0. The fraction of sp³-hybridized carbons (Fsp3) is 0.647. The van der Waals surface area contributed by atoms with Crippen molar-refractivity contribution in [2.75, 3.05) is 0 Å². The van der Waals surface area contributed by atoms with E-state index in [4.69, 9.17) is 0 Å². The van der Waals surface area contributed by atoms with Crippen molar-refractivity contribution in [3.8, 4) is 0 Å². The fourth-order valence-electron chi connectivity index (χ4n) is 3.84. The zero-order valence-corrected chi connectivity index (χ0v) is 14.1. The van der Waals surface area contributed by atoms with Gasteiger partial charge in [0, 0.05) is 11.1 Å². The van der Waals surface area contributed by atoms with Gasteiger partial charge < -0.3 is 0 Å². The molecule has 1 saturated heterocycles. The number of piperidine rings is 1. The molecule has 0 saturated carbocycles. The minimum absolute atomic E-state index is 0.00773. The summed E-state index contributed by atoms with van der Waals surface area (Å²) in [6, 6.07) is 0. The Kier molecular flexibility index (Phi) is 4.54. The number of carbonyl (C=O) groups is 2. The van der Waals surface area contributed by atoms with Crippen LogP contribution in [0.25, 0.3) is 0 Å². The average Bonchev–Trinajstić information content (AvgIpc) is 2.39. The maximum absolute atomic E-state index is 12.5. The van der Waals surface area contributed by atoms with Crippen molar-refractivity contribution in [2.45, 2.75) is 59.0 Å². The smallest absolute Gasteiger partial charge is 0.257 e. The van der Waals surface area contributed by atoms with Gasteiger partial charge in [-0.15, -0.1) is 0 Å². The number of hydrogen-bond donors (Lipinski definition) is 1. The Morgan fingerprint density at radius 2 is 1.67 bits per heavy atom. The molecule has 1 aliphatic rings. The molecule has 0 aromatic rings. The van der Waals surface area contributed by atoms with Crippen LogP contribution in [0.15, 0.2) is 25.3 Å². The van der Waals surface area contributed by atoms with E-state index in [0.29, 0.717) is 0 Å². The molecule has 0 aliphatic carbocycles. The number of rotatable bonds is 4. The quantitative estimate of drug-likeness (QED) is 0.811. The molecule has 0 radical (unpaired) electrons. The van der Waals surface area contributed by atoms with Crippen LogP contribution in [0.2, 0.25) is 0 Å². The normalized spacial score (nSPS) is 31.2. The third-order valence-corrected chi connectivity index (χ3v) is 5.33. The van der Waals surface area contributed by atoms with Crippen molar-refractivity contribution in [1.82, 2.24) is 10.4 Å². The first-order valence-electron chi connectivity index (χ1n) is 7.35. The van der Waals surface area contributed by atoms with Crippen LogP contribution in [-0.4, -0.2) is 27.8 Å². The van der Waals surface area contributed by atoms with Crippen molar-refractivity contribution in [3.63, 3.8) is 0 Å². The predicted molar refractivity (Wildman–Crippen MR) is 85.4 cm³/mol. The van der Waals surface area contributed by atoms with Gasteiger partial charge in [0.05, 0.1) is 5.41 Å². The topological polar surface area (TPSA) is 49.4 Å². The first-order valence-corrected chi connectivity index (χ1v) is 7.35. The van der Waals surface area contributed by atoms with Gasteiger partial charge in [-0.05, 0) is 52.2 Å². The molecule has 0 spiro atoms. The molecule has 118 valence electrons. The summed E-state index contributed by atoms with van der Waals surface area (Å²) >= 11 is 0. The van der Waals surface area contributed by atoms with Gasteiger partial charge in [-0.1, -0.05) is 27.0 Å². The van der Waals surface area contributed by atoms with Gasteiger partial charge in [-0.2, -0.15) is 0 Å². The van der Waals surface area contributed by atoms with Crippen molar-refractivity contribution in [1.29, 1.82) is 0 Å². The second-order valence-electron chi connectivity index (χ2n) is 7.26. The monoisotopic (exact) mass is 292 g/mol. The molecule has 1 fully saturated rings. The predicted octanol–water partition coefficient (Wildman–Crippen LogP) is 2.86. The largest absolute Gasteiger partial charge is 0.294 e. The van der Waals surface area contributed by atoms with Crippen LogP contribution >= 0.6 is 0 Å². The molecule has 1 rings (SSSR count). The molecular formula is C17H28N2O2. The minimum atomic E-state index is -0.626. The van der Waals surface area contributed by atoms with Crippen LogP contribution in [0.4, 0.5) is 0 Å². The Labute approximate surface area is 128 Å². The van der Waals surface area contributed by atoms with Crippen molar-refractivity contribution in [2.24, 2.45) is 11.3 Å². The van der Waals surface area contributed by atoms with E-state index in [2.05, 4.69) is 39.4 Å². The lowest BCUT2D eigenvalue weighted by atomic mass is 9.56. The standard InChI is InChI=1S/C17H28N2O2/c1-9-13(20)17(8)12(3)11-15(4,5)19(16(17,6)7)18-14(21)10-2/h9-10,12H,1-2,11H2,3-8H3,(H,18,21). The average molecular weight is 292 g/mol. The van der Waals surface area contributed by atoms with Crippen LogP contribution in [0.1, 0.15) is 48.0 Å². The second kappa shape index (κ2) is 5.41. The van der Waals surface area contributed by atoms with E-state index in [1.165, 1.54) is 12.2 Å². The maximum Gasteiger partial charge on any atom is 0.257 e. The Morgan fingerprint density at radius 1 is 1.14 bits per heavy atom. The minimum Gasteiger partial charge on any atom is -0.294 e. The fourth-order valence-corrected chi connectivity index (χ4v) is 3.84. The first kappa shape index (κ1) is 17.6. The molecule has 1 amide bonds. The summed E-state index contributed by atoms with van der Waals surface area (Å²) in [4.78, 5) is 24.4. The summed E-state index contributed by atoms with van der Waals surface area (Å²) in [6.07, 6.45) is 3.44. The second-order valence-corrected chi connectivity index (χ2v) is 7.26. The Hall–Kier alpha value is -1.42. The van der Waals surface area contributed by atoms with Gasteiger partial charge in [-0.3, -0.25) is 15.0 Å². The summed E-state index contributed by atoms with van der Waals surface area (Å²) in [5.74, 6) is -0.0858. The van der Waals surface area contributed by atoms with E-state index in [-0.39, 0.29) is 23.1 Å². The number of ketones is 1. The van der Waals surface area contributed by atoms with Gasteiger partial charge in [0.2, 0.25) is 0 Å². The molecule has 1 aliphatic heterocycles. The number of carbonyl (C=O) groups excluding carboxylic acids is 2. The van der Waals surface area contributed by atoms with Crippen molar-refractivity contribution in [3.05, 3.63) is 25.3 Å². The van der Waals surface area contributed by atoms with E-state index in [0.717, 1.165) is 6.42 Å². The summed E-state index contributed by atoms with van der Waals surface area (Å²) in [6.45, 7) is 19.3. The highest BCUT2D eigenvalue weighted by Crippen LogP contribution is 2.52. The highest BCUT2D eigenvalue weighted by atomic mass is 16.2. The van der Waals surface area contributed by atoms with Gasteiger partial charge in [0.1, 0.15) is 0 Å². The molecule has 2 atom stereocenters. The van der Waals surface area contributed by atoms with E-state index >= 15 is 0 Å². The summed E-state index contributed by atoms with van der Waals surface area (Å²) < 4.78 is 0. The summed E-state index contributed by atoms with van der Waals surface area (Å²) in [5.41, 5.74) is 1.45. The van der Waals surface area contributed by atoms with Gasteiger partial charge in [0.25, 0.3) is 5.91 Å². The lowest BCUT2D eigenvalue weighted by molar-refractivity contribution is -0.179. The lowest BCUT2D eigenvalue weighted by Crippen LogP contribution is -2.74. The van der Waals surface area contributed by atoms with Gasteiger partial charge in [-0.25, -0.2) is 5.01 Å². The molecule has 2 unspecified atom stereocenters. The number of allylic oxidation sites excluding steroid dienone is 1. The molecule has 4 heteroatoms. The first-order chi connectivity index (χ1) is 9.45. The lowest BCUT2D eigenvalue weighted by Gasteiger charge is -2.62.